The van der Waals surface area contributed by atoms with Gasteiger partial charge in [-0.25, -0.2) is 17.9 Å². The highest BCUT2D eigenvalue weighted by molar-refractivity contribution is 9.10. The van der Waals surface area contributed by atoms with Crippen LogP contribution in [-0.2, 0) is 10.0 Å². The second kappa shape index (κ2) is 8.63. The van der Waals surface area contributed by atoms with E-state index in [-0.39, 0.29) is 26.7 Å². The van der Waals surface area contributed by atoms with Gasteiger partial charge in [-0.05, 0) is 53.0 Å². The van der Waals surface area contributed by atoms with Crippen molar-refractivity contribution in [3.8, 4) is 0 Å². The molecule has 0 spiro atoms. The summed E-state index contributed by atoms with van der Waals surface area (Å²) in [6, 6.07) is 9.39. The third-order valence-electron chi connectivity index (χ3n) is 5.17. The molecule has 1 aliphatic heterocycles. The highest BCUT2D eigenvalue weighted by Crippen LogP contribution is 2.37. The summed E-state index contributed by atoms with van der Waals surface area (Å²) >= 11 is 15.7. The molecule has 0 aliphatic carbocycles. The van der Waals surface area contributed by atoms with E-state index in [1.165, 1.54) is 18.2 Å². The maximum atomic E-state index is 12.8. The highest BCUT2D eigenvalue weighted by Gasteiger charge is 2.28. The van der Waals surface area contributed by atoms with Crippen LogP contribution >= 0.6 is 39.1 Å². The average molecular weight is 548 g/mol. The van der Waals surface area contributed by atoms with Gasteiger partial charge in [-0.3, -0.25) is 0 Å². The predicted octanol–water partition coefficient (Wildman–Crippen LogP) is 5.15. The van der Waals surface area contributed by atoms with E-state index in [0.717, 1.165) is 10.2 Å². The van der Waals surface area contributed by atoms with Gasteiger partial charge in [-0.1, -0.05) is 29.3 Å². The zero-order chi connectivity index (χ0) is 22.3. The molecule has 1 aliphatic rings. The number of carboxylic acid groups (broad SMARTS) is 1. The van der Waals surface area contributed by atoms with Crippen molar-refractivity contribution in [1.29, 1.82) is 0 Å². The van der Waals surface area contributed by atoms with Crippen LogP contribution in [0.15, 0.2) is 50.2 Å². The summed E-state index contributed by atoms with van der Waals surface area (Å²) in [7, 11) is -3.86. The van der Waals surface area contributed by atoms with E-state index in [2.05, 4.69) is 25.6 Å². The number of nitrogens with one attached hydrogen (secondary N) is 1. The Hall–Kier alpha value is -1.78. The van der Waals surface area contributed by atoms with Gasteiger partial charge in [0, 0.05) is 30.6 Å². The fraction of sp³-hybridized carbons (Fsp3) is 0.250. The molecule has 2 aromatic carbocycles. The number of hydrogen-bond acceptors (Lipinski definition) is 5. The van der Waals surface area contributed by atoms with Crippen molar-refractivity contribution in [3.05, 3.63) is 56.7 Å². The van der Waals surface area contributed by atoms with Crippen molar-refractivity contribution < 1.29 is 22.7 Å². The fourth-order valence-electron chi connectivity index (χ4n) is 3.67. The van der Waals surface area contributed by atoms with Crippen molar-refractivity contribution in [2.24, 2.45) is 0 Å². The first-order valence-corrected chi connectivity index (χ1v) is 12.4. The fourth-order valence-corrected chi connectivity index (χ4v) is 6.81. The Morgan fingerprint density at radius 2 is 1.81 bits per heavy atom. The molecular formula is C20H17BrCl2N2O5S. The molecule has 4 rings (SSSR count). The molecule has 164 valence electrons. The molecule has 3 aromatic rings. The first-order chi connectivity index (χ1) is 14.7. The van der Waals surface area contributed by atoms with Gasteiger partial charge >= 0.3 is 5.97 Å². The molecule has 1 aromatic heterocycles. The summed E-state index contributed by atoms with van der Waals surface area (Å²) in [5.74, 6) is -1.25. The maximum absolute atomic E-state index is 12.8. The lowest BCUT2D eigenvalue weighted by Crippen LogP contribution is -2.44. The smallest absolute Gasteiger partial charge is 0.371 e. The number of hydrogen-bond donors (Lipinski definition) is 2. The van der Waals surface area contributed by atoms with E-state index in [1.54, 1.807) is 12.1 Å². The zero-order valence-electron chi connectivity index (χ0n) is 15.9. The molecule has 1 fully saturated rings. The Kier molecular flexibility index (Phi) is 6.24. The van der Waals surface area contributed by atoms with Crippen LogP contribution in [-0.4, -0.2) is 38.6 Å². The highest BCUT2D eigenvalue weighted by atomic mass is 79.9. The lowest BCUT2D eigenvalue weighted by atomic mass is 10.1. The predicted molar refractivity (Wildman–Crippen MR) is 123 cm³/mol. The first kappa shape index (κ1) is 22.4. The summed E-state index contributed by atoms with van der Waals surface area (Å²) in [5.41, 5.74) is 1.37. The van der Waals surface area contributed by atoms with E-state index >= 15 is 0 Å². The van der Waals surface area contributed by atoms with Gasteiger partial charge in [0.2, 0.25) is 15.8 Å². The van der Waals surface area contributed by atoms with Crippen molar-refractivity contribution in [3.63, 3.8) is 0 Å². The summed E-state index contributed by atoms with van der Waals surface area (Å²) in [6.07, 6.45) is 1.16. The molecule has 0 unspecified atom stereocenters. The van der Waals surface area contributed by atoms with Crippen molar-refractivity contribution >= 4 is 71.8 Å². The number of aromatic carboxylic acids is 1. The van der Waals surface area contributed by atoms with Gasteiger partial charge in [0.25, 0.3) is 0 Å². The number of furan rings is 1. The number of fused-ring (bicyclic) bond motifs is 1. The van der Waals surface area contributed by atoms with Gasteiger partial charge in [-0.2, -0.15) is 0 Å². The van der Waals surface area contributed by atoms with Gasteiger partial charge in [0.1, 0.15) is 10.5 Å². The summed E-state index contributed by atoms with van der Waals surface area (Å²) in [6.45, 7) is 1.22. The van der Waals surface area contributed by atoms with Crippen LogP contribution < -0.4 is 9.62 Å². The van der Waals surface area contributed by atoms with Crippen LogP contribution in [0.2, 0.25) is 10.0 Å². The molecule has 0 radical (unpaired) electrons. The number of carboxylic acids is 1. The van der Waals surface area contributed by atoms with Crippen LogP contribution in [0.5, 0.6) is 0 Å². The largest absolute Gasteiger partial charge is 0.475 e. The Morgan fingerprint density at radius 1 is 1.16 bits per heavy atom. The van der Waals surface area contributed by atoms with Crippen LogP contribution in [0.4, 0.5) is 5.69 Å². The number of anilines is 1. The van der Waals surface area contributed by atoms with Crippen LogP contribution in [0.3, 0.4) is 0 Å². The van der Waals surface area contributed by atoms with E-state index in [0.29, 0.717) is 36.9 Å². The van der Waals surface area contributed by atoms with Gasteiger partial charge in [0.15, 0.2) is 0 Å². The summed E-state index contributed by atoms with van der Waals surface area (Å²) in [4.78, 5) is 13.2. The van der Waals surface area contributed by atoms with E-state index in [1.807, 2.05) is 6.07 Å². The number of carbonyl (C=O) groups is 1. The maximum Gasteiger partial charge on any atom is 0.371 e. The third kappa shape index (κ3) is 4.42. The first-order valence-electron chi connectivity index (χ1n) is 9.34. The average Bonchev–Trinajstić information content (AvgIpc) is 3.14. The Balaban J connectivity index is 1.49. The molecule has 7 nitrogen and oxygen atoms in total. The molecule has 1 saturated heterocycles. The molecule has 0 bridgehead atoms. The number of halogens is 3. The Labute approximate surface area is 197 Å². The quantitative estimate of drug-likeness (QED) is 0.458. The minimum atomic E-state index is -3.86. The topological polar surface area (TPSA) is 99.9 Å². The number of rotatable bonds is 5. The second-order valence-corrected chi connectivity index (χ2v) is 10.4. The Morgan fingerprint density at radius 3 is 2.42 bits per heavy atom. The molecule has 0 saturated carbocycles. The normalized spacial score (nSPS) is 15.5. The third-order valence-corrected chi connectivity index (χ3v) is 8.48. The van der Waals surface area contributed by atoms with Gasteiger partial charge in [-0.15, -0.1) is 0 Å². The van der Waals surface area contributed by atoms with E-state index in [4.69, 9.17) is 32.7 Å². The molecule has 31 heavy (non-hydrogen) atoms. The SMILES string of the molecule is O=C(O)c1cc2c(Br)c(N3CCC(NS(=O)(=O)c4c(Cl)cccc4Cl)CC3)ccc2o1. The van der Waals surface area contributed by atoms with Gasteiger partial charge in [0.05, 0.1) is 20.2 Å². The lowest BCUT2D eigenvalue weighted by molar-refractivity contribution is 0.0665. The van der Waals surface area contributed by atoms with E-state index in [9.17, 15) is 13.2 Å². The molecule has 2 heterocycles. The zero-order valence-corrected chi connectivity index (χ0v) is 19.9. The van der Waals surface area contributed by atoms with Crippen molar-refractivity contribution in [2.75, 3.05) is 18.0 Å². The Bertz CT molecular complexity index is 1250. The number of sulfonamides is 1. The monoisotopic (exact) mass is 546 g/mol. The minimum absolute atomic E-state index is 0.0792. The minimum Gasteiger partial charge on any atom is -0.475 e. The summed E-state index contributed by atoms with van der Waals surface area (Å²) in [5, 5.41) is 9.97. The van der Waals surface area contributed by atoms with Crippen LogP contribution in [0.25, 0.3) is 11.0 Å². The molecule has 11 heteroatoms. The lowest BCUT2D eigenvalue weighted by Gasteiger charge is -2.34. The molecular weight excluding hydrogens is 531 g/mol. The summed E-state index contributed by atoms with van der Waals surface area (Å²) < 4.78 is 34.4. The number of piperidine rings is 1. The molecule has 2 N–H and O–H groups in total. The van der Waals surface area contributed by atoms with Crippen LogP contribution in [0.1, 0.15) is 23.4 Å². The number of nitrogens with zero attached hydrogens (tertiary/aromatic N) is 1. The molecule has 0 amide bonds. The number of benzene rings is 2. The standard InChI is InChI=1S/C20H17BrCl2N2O5S/c21-18-12-10-17(20(26)27)30-16(12)5-4-15(18)25-8-6-11(7-9-25)24-31(28,29)19-13(22)2-1-3-14(19)23/h1-5,10-11,24H,6-9H2,(H,26,27). The van der Waals surface area contributed by atoms with Gasteiger partial charge < -0.3 is 14.4 Å². The van der Waals surface area contributed by atoms with Crippen molar-refractivity contribution in [2.45, 2.75) is 23.8 Å². The van der Waals surface area contributed by atoms with Crippen LogP contribution in [0, 0.1) is 0 Å². The van der Waals surface area contributed by atoms with E-state index < -0.39 is 16.0 Å². The second-order valence-electron chi connectivity index (χ2n) is 7.16. The molecule has 0 atom stereocenters. The van der Waals surface area contributed by atoms with Crippen molar-refractivity contribution in [1.82, 2.24) is 4.72 Å².